The monoisotopic (exact) mass is 537 g/mol. The van der Waals surface area contributed by atoms with Crippen molar-refractivity contribution in [3.05, 3.63) is 106 Å². The van der Waals surface area contributed by atoms with Crippen LogP contribution < -0.4 is 21.1 Å². The highest BCUT2D eigenvalue weighted by molar-refractivity contribution is 6.07. The number of benzene rings is 3. The van der Waals surface area contributed by atoms with Crippen molar-refractivity contribution < 1.29 is 9.59 Å². The van der Waals surface area contributed by atoms with E-state index < -0.39 is 5.54 Å². The van der Waals surface area contributed by atoms with Gasteiger partial charge in [-0.05, 0) is 82.6 Å². The molecule has 0 unspecified atom stereocenters. The fourth-order valence-corrected chi connectivity index (χ4v) is 4.60. The molecule has 1 heterocycles. The van der Waals surface area contributed by atoms with Gasteiger partial charge in [-0.15, -0.1) is 0 Å². The van der Waals surface area contributed by atoms with E-state index in [1.54, 1.807) is 42.1 Å². The van der Waals surface area contributed by atoms with Crippen LogP contribution >= 0.6 is 0 Å². The Kier molecular flexibility index (Phi) is 8.18. The molecule has 2 N–H and O–H groups in total. The van der Waals surface area contributed by atoms with Crippen LogP contribution in [0.4, 0.5) is 17.2 Å². The minimum Gasteiger partial charge on any atom is -0.355 e. The normalized spacial score (nSPS) is 11.2. The number of carbonyl (C=O) groups is 2. The smallest absolute Gasteiger partial charge is 0.293 e. The number of hydrogen-bond acceptors (Lipinski definition) is 5. The van der Waals surface area contributed by atoms with E-state index in [1.807, 2.05) is 88.0 Å². The van der Waals surface area contributed by atoms with Crippen molar-refractivity contribution in [3.8, 4) is 11.3 Å². The molecule has 0 fully saturated rings. The minimum absolute atomic E-state index is 0.0950. The van der Waals surface area contributed by atoms with E-state index in [0.29, 0.717) is 29.1 Å². The topological polar surface area (TPSA) is 96.3 Å². The molecular formula is C32H35N5O3. The number of nitrogens with zero attached hydrogens (tertiary/aromatic N) is 3. The molecule has 0 aliphatic heterocycles. The van der Waals surface area contributed by atoms with E-state index in [-0.39, 0.29) is 23.2 Å². The molecule has 0 saturated heterocycles. The van der Waals surface area contributed by atoms with Crippen LogP contribution in [-0.2, 0) is 6.54 Å². The van der Waals surface area contributed by atoms with Crippen molar-refractivity contribution in [1.82, 2.24) is 14.9 Å². The van der Waals surface area contributed by atoms with Crippen LogP contribution in [0.15, 0.2) is 83.8 Å². The van der Waals surface area contributed by atoms with E-state index in [4.69, 9.17) is 4.98 Å². The quantitative estimate of drug-likeness (QED) is 0.311. The Morgan fingerprint density at radius 2 is 1.60 bits per heavy atom. The van der Waals surface area contributed by atoms with Crippen molar-refractivity contribution in [3.63, 3.8) is 0 Å². The molecule has 4 aromatic rings. The molecule has 1 aromatic heterocycles. The fraction of sp³-hybridized carbons (Fsp3) is 0.250. The summed E-state index contributed by atoms with van der Waals surface area (Å²) in [5.74, 6) is -0.113. The van der Waals surface area contributed by atoms with Crippen LogP contribution in [0, 0.1) is 6.92 Å². The van der Waals surface area contributed by atoms with Crippen molar-refractivity contribution >= 4 is 29.0 Å². The highest BCUT2D eigenvalue weighted by atomic mass is 16.2. The largest absolute Gasteiger partial charge is 0.355 e. The summed E-state index contributed by atoms with van der Waals surface area (Å²) < 4.78 is 1.60. The Bertz CT molecular complexity index is 1590. The van der Waals surface area contributed by atoms with Gasteiger partial charge in [-0.1, -0.05) is 30.3 Å². The highest BCUT2D eigenvalue weighted by Crippen LogP contribution is 2.34. The molecule has 206 valence electrons. The van der Waals surface area contributed by atoms with Gasteiger partial charge in [0, 0.05) is 53.4 Å². The summed E-state index contributed by atoms with van der Waals surface area (Å²) >= 11 is 0. The van der Waals surface area contributed by atoms with E-state index in [0.717, 1.165) is 16.8 Å². The van der Waals surface area contributed by atoms with E-state index in [1.165, 1.54) is 0 Å². The summed E-state index contributed by atoms with van der Waals surface area (Å²) in [5.41, 5.74) is 4.06. The molecule has 8 nitrogen and oxygen atoms in total. The number of aromatic nitrogens is 2. The lowest BCUT2D eigenvalue weighted by Gasteiger charge is -2.37. The third-order valence-corrected chi connectivity index (χ3v) is 6.67. The zero-order valence-electron chi connectivity index (χ0n) is 23.8. The summed E-state index contributed by atoms with van der Waals surface area (Å²) in [6.07, 6.45) is 1.74. The van der Waals surface area contributed by atoms with Crippen molar-refractivity contribution in [1.29, 1.82) is 0 Å². The molecular weight excluding hydrogens is 502 g/mol. The number of rotatable bonds is 7. The molecule has 0 saturated carbocycles. The number of hydrogen-bond donors (Lipinski definition) is 2. The van der Waals surface area contributed by atoms with Gasteiger partial charge in [-0.3, -0.25) is 14.4 Å². The molecule has 2 amide bonds. The Hall–Kier alpha value is -4.72. The van der Waals surface area contributed by atoms with Gasteiger partial charge in [-0.25, -0.2) is 4.98 Å². The lowest BCUT2D eigenvalue weighted by molar-refractivity contribution is 0.0956. The summed E-state index contributed by atoms with van der Waals surface area (Å²) in [6, 6.07) is 21.9. The molecule has 0 atom stereocenters. The van der Waals surface area contributed by atoms with E-state index in [9.17, 15) is 14.4 Å². The average molecular weight is 538 g/mol. The van der Waals surface area contributed by atoms with Crippen LogP contribution in [0.1, 0.15) is 54.0 Å². The lowest BCUT2D eigenvalue weighted by Crippen LogP contribution is -2.46. The van der Waals surface area contributed by atoms with Gasteiger partial charge in [0.1, 0.15) is 0 Å². The Morgan fingerprint density at radius 3 is 2.20 bits per heavy atom. The molecule has 4 rings (SSSR count). The second kappa shape index (κ2) is 11.6. The number of nitrogens with one attached hydrogen (secondary N) is 2. The molecule has 0 spiro atoms. The van der Waals surface area contributed by atoms with Gasteiger partial charge >= 0.3 is 0 Å². The van der Waals surface area contributed by atoms with Crippen LogP contribution in [0.25, 0.3) is 11.3 Å². The first-order chi connectivity index (χ1) is 19.0. The van der Waals surface area contributed by atoms with Gasteiger partial charge < -0.3 is 20.1 Å². The minimum atomic E-state index is -0.500. The maximum absolute atomic E-state index is 13.7. The van der Waals surface area contributed by atoms with Crippen LogP contribution in [-0.4, -0.2) is 34.0 Å². The highest BCUT2D eigenvalue weighted by Gasteiger charge is 2.30. The maximum atomic E-state index is 13.7. The fourth-order valence-electron chi connectivity index (χ4n) is 4.60. The molecule has 3 aromatic carbocycles. The number of anilines is 3. The van der Waals surface area contributed by atoms with Crippen LogP contribution in [0.2, 0.25) is 0 Å². The van der Waals surface area contributed by atoms with Crippen molar-refractivity contribution in [2.75, 3.05) is 17.3 Å². The first kappa shape index (κ1) is 28.3. The third kappa shape index (κ3) is 5.81. The van der Waals surface area contributed by atoms with Crippen LogP contribution in [0.5, 0.6) is 0 Å². The summed E-state index contributed by atoms with van der Waals surface area (Å²) in [4.78, 5) is 45.3. The molecule has 0 aliphatic carbocycles. The predicted octanol–water partition coefficient (Wildman–Crippen LogP) is 5.79. The molecule has 8 heteroatoms. The molecule has 0 radical (unpaired) electrons. The first-order valence-electron chi connectivity index (χ1n) is 13.3. The van der Waals surface area contributed by atoms with Crippen molar-refractivity contribution in [2.45, 2.75) is 46.7 Å². The second-order valence-corrected chi connectivity index (χ2v) is 10.5. The Morgan fingerprint density at radius 1 is 0.925 bits per heavy atom. The number of carbonyl (C=O) groups excluding carboxylic acids is 2. The number of aryl methyl sites for hydroxylation is 1. The van der Waals surface area contributed by atoms with Crippen molar-refractivity contribution in [2.24, 2.45) is 0 Å². The van der Waals surface area contributed by atoms with Gasteiger partial charge in [0.2, 0.25) is 0 Å². The zero-order chi connectivity index (χ0) is 29.0. The summed E-state index contributed by atoms with van der Waals surface area (Å²) in [5, 5.41) is 5.72. The lowest BCUT2D eigenvalue weighted by atomic mass is 9.97. The summed E-state index contributed by atoms with van der Waals surface area (Å²) in [6.45, 7) is 10.3. The number of amides is 2. The average Bonchev–Trinajstić information content (AvgIpc) is 2.95. The van der Waals surface area contributed by atoms with E-state index in [2.05, 4.69) is 10.6 Å². The van der Waals surface area contributed by atoms with Gasteiger partial charge in [0.25, 0.3) is 17.4 Å². The maximum Gasteiger partial charge on any atom is 0.293 e. The van der Waals surface area contributed by atoms with Gasteiger partial charge in [0.05, 0.1) is 5.69 Å². The van der Waals surface area contributed by atoms with Gasteiger partial charge in [-0.2, -0.15) is 0 Å². The molecule has 0 bridgehead atoms. The summed E-state index contributed by atoms with van der Waals surface area (Å²) in [7, 11) is 1.58. The second-order valence-electron chi connectivity index (χ2n) is 10.5. The van der Waals surface area contributed by atoms with E-state index >= 15 is 0 Å². The molecule has 0 aliphatic rings. The van der Waals surface area contributed by atoms with Crippen LogP contribution in [0.3, 0.4) is 0 Å². The Labute approximate surface area is 234 Å². The van der Waals surface area contributed by atoms with Gasteiger partial charge in [0.15, 0.2) is 5.82 Å². The standard InChI is InChI=1S/C32H35N5O3/c1-7-36-20-26(35-28(31(36)40)34-24-18-16-22(17-19-24)29(38)33-6)25-14-11-15-27(21(25)2)37(32(3,4)5)30(39)23-12-9-8-10-13-23/h8-20H,7H2,1-6H3,(H,33,38)(H,34,35). The first-order valence-corrected chi connectivity index (χ1v) is 13.3. The third-order valence-electron chi connectivity index (χ3n) is 6.67. The zero-order valence-corrected chi connectivity index (χ0v) is 23.8. The SMILES string of the molecule is CCn1cc(-c2cccc(N(C(=O)c3ccccc3)C(C)(C)C)c2C)nc(Nc2ccc(C(=O)NC)cc2)c1=O. The predicted molar refractivity (Wildman–Crippen MR) is 160 cm³/mol. The molecule has 40 heavy (non-hydrogen) atoms. The Balaban J connectivity index is 1.78.